The fraction of sp³-hybridized carbons (Fsp3) is 0.529. The molecule has 0 aliphatic carbocycles. The predicted molar refractivity (Wildman–Crippen MR) is 99.4 cm³/mol. The molecule has 1 aromatic rings. The number of methoxy groups -OCH3 is 1. The zero-order valence-electron chi connectivity index (χ0n) is 14.6. The van der Waals surface area contributed by atoms with E-state index in [2.05, 4.69) is 5.32 Å². The van der Waals surface area contributed by atoms with Crippen molar-refractivity contribution in [2.45, 2.75) is 49.9 Å². The summed E-state index contributed by atoms with van der Waals surface area (Å²) in [6.07, 6.45) is -0.357. The molecule has 0 fully saturated rings. The van der Waals surface area contributed by atoms with Crippen LogP contribution in [0.2, 0.25) is 0 Å². The summed E-state index contributed by atoms with van der Waals surface area (Å²) in [5.74, 6) is 0.220. The predicted octanol–water partition coefficient (Wildman–Crippen LogP) is 3.46. The van der Waals surface area contributed by atoms with Crippen molar-refractivity contribution in [2.75, 3.05) is 7.11 Å². The van der Waals surface area contributed by atoms with E-state index in [-0.39, 0.29) is 4.11 Å². The van der Waals surface area contributed by atoms with E-state index in [1.54, 1.807) is 46.9 Å². The van der Waals surface area contributed by atoms with Crippen LogP contribution < -0.4 is 10.1 Å². The largest absolute Gasteiger partial charge is 0.497 e. The van der Waals surface area contributed by atoms with E-state index in [1.165, 1.54) is 0 Å². The molecule has 0 aliphatic heterocycles. The van der Waals surface area contributed by atoms with Gasteiger partial charge in [0.05, 0.1) is 7.11 Å². The minimum absolute atomic E-state index is 0.297. The Bertz CT molecular complexity index is 551. The first kappa shape index (κ1) is 20.5. The third kappa shape index (κ3) is 7.85. The molecule has 0 aliphatic rings. The lowest BCUT2D eigenvalue weighted by molar-refractivity contribution is -0.146. The van der Waals surface area contributed by atoms with Gasteiger partial charge in [-0.2, -0.15) is 0 Å². The zero-order chi connectivity index (χ0) is 18.3. The number of hydrogen-bond donors (Lipinski definition) is 1. The van der Waals surface area contributed by atoms with Crippen molar-refractivity contribution in [3.8, 4) is 5.75 Å². The smallest absolute Gasteiger partial charge is 0.408 e. The minimum atomic E-state index is -0.828. The van der Waals surface area contributed by atoms with E-state index >= 15 is 0 Å². The summed E-state index contributed by atoms with van der Waals surface area (Å²) in [4.78, 5) is 24.2. The molecule has 1 rings (SSSR count). The third-order valence-electron chi connectivity index (χ3n) is 2.85. The zero-order valence-corrected chi connectivity index (χ0v) is 16.7. The van der Waals surface area contributed by atoms with Gasteiger partial charge in [-0.05, 0) is 68.0 Å². The number of rotatable bonds is 6. The van der Waals surface area contributed by atoms with Crippen molar-refractivity contribution in [1.29, 1.82) is 0 Å². The van der Waals surface area contributed by atoms with Crippen molar-refractivity contribution < 1.29 is 23.8 Å². The van der Waals surface area contributed by atoms with Gasteiger partial charge in [-0.15, -0.1) is 0 Å². The van der Waals surface area contributed by atoms with Crippen LogP contribution >= 0.6 is 22.6 Å². The number of carbonyl (C=O) groups is 2. The summed E-state index contributed by atoms with van der Waals surface area (Å²) in [5, 5.41) is 2.59. The van der Waals surface area contributed by atoms with E-state index in [0.29, 0.717) is 6.42 Å². The molecule has 24 heavy (non-hydrogen) atoms. The maximum absolute atomic E-state index is 12.3. The molecule has 0 radical (unpaired) electrons. The molecule has 134 valence electrons. The molecule has 0 aromatic heterocycles. The Hall–Kier alpha value is -1.51. The highest BCUT2D eigenvalue weighted by atomic mass is 127. The van der Waals surface area contributed by atoms with Crippen LogP contribution in [0.3, 0.4) is 0 Å². The molecule has 1 unspecified atom stereocenters. The maximum Gasteiger partial charge on any atom is 0.408 e. The van der Waals surface area contributed by atoms with Crippen molar-refractivity contribution in [1.82, 2.24) is 5.32 Å². The van der Waals surface area contributed by atoms with Gasteiger partial charge in [0.1, 0.15) is 21.5 Å². The molecule has 7 heteroatoms. The second kappa shape index (κ2) is 9.10. The quantitative estimate of drug-likeness (QED) is 0.409. The van der Waals surface area contributed by atoms with Crippen molar-refractivity contribution in [3.63, 3.8) is 0 Å². The molecular weight excluding hydrogens is 425 g/mol. The van der Waals surface area contributed by atoms with Gasteiger partial charge in [0.15, 0.2) is 0 Å². The molecule has 0 bridgehead atoms. The first-order valence-corrected chi connectivity index (χ1v) is 8.82. The van der Waals surface area contributed by atoms with Gasteiger partial charge in [0.2, 0.25) is 0 Å². The molecule has 1 amide bonds. The van der Waals surface area contributed by atoms with Crippen molar-refractivity contribution >= 4 is 34.7 Å². The molecule has 1 N–H and O–H groups in total. The molecule has 0 spiro atoms. The standard InChI is InChI=1S/C17H24INO5/c1-11(18)23-15(20)14(19-16(21)24-17(2,3)4)10-12-6-8-13(22-5)9-7-12/h6-9,11,14H,10H2,1-5H3,(H,19,21)/t11?,14-/m1/s1. The summed E-state index contributed by atoms with van der Waals surface area (Å²) in [7, 11) is 1.58. The summed E-state index contributed by atoms with van der Waals surface area (Å²) < 4.78 is 15.2. The van der Waals surface area contributed by atoms with Crippen LogP contribution in [0.1, 0.15) is 33.3 Å². The van der Waals surface area contributed by atoms with Gasteiger partial charge in [0.25, 0.3) is 0 Å². The van der Waals surface area contributed by atoms with Crippen LogP contribution in [0.25, 0.3) is 0 Å². The lowest BCUT2D eigenvalue weighted by Gasteiger charge is -2.23. The minimum Gasteiger partial charge on any atom is -0.497 e. The Balaban J connectivity index is 2.83. The Morgan fingerprint density at radius 2 is 1.79 bits per heavy atom. The number of esters is 1. The van der Waals surface area contributed by atoms with Crippen LogP contribution in [-0.2, 0) is 20.7 Å². The average Bonchev–Trinajstić information content (AvgIpc) is 2.44. The fourth-order valence-corrected chi connectivity index (χ4v) is 2.13. The number of alkyl halides is 1. The van der Waals surface area contributed by atoms with Crippen LogP contribution in [-0.4, -0.2) is 34.9 Å². The van der Waals surface area contributed by atoms with E-state index < -0.39 is 23.7 Å². The highest BCUT2D eigenvalue weighted by Crippen LogP contribution is 2.15. The summed E-state index contributed by atoms with van der Waals surface area (Å²) in [6, 6.07) is 6.44. The van der Waals surface area contributed by atoms with Gasteiger partial charge in [-0.25, -0.2) is 9.59 Å². The first-order valence-electron chi connectivity index (χ1n) is 7.57. The maximum atomic E-state index is 12.3. The second-order valence-corrected chi connectivity index (χ2v) is 7.99. The SMILES string of the molecule is COc1ccc(C[C@@H](NC(=O)OC(C)(C)C)C(=O)OC(C)I)cc1. The van der Waals surface area contributed by atoms with E-state index in [9.17, 15) is 9.59 Å². The van der Waals surface area contributed by atoms with Gasteiger partial charge in [-0.1, -0.05) is 12.1 Å². The topological polar surface area (TPSA) is 73.9 Å². The summed E-state index contributed by atoms with van der Waals surface area (Å²) >= 11 is 1.98. The molecule has 1 aromatic carbocycles. The van der Waals surface area contributed by atoms with E-state index in [1.807, 2.05) is 34.7 Å². The van der Waals surface area contributed by atoms with Gasteiger partial charge in [0, 0.05) is 6.42 Å². The Labute approximate surface area is 156 Å². The molecule has 0 saturated carbocycles. The summed E-state index contributed by atoms with van der Waals surface area (Å²) in [6.45, 7) is 7.03. The number of alkyl carbamates (subject to hydrolysis) is 1. The molecule has 0 heterocycles. The number of hydrogen-bond acceptors (Lipinski definition) is 5. The normalized spacial score (nSPS) is 13.6. The molecule has 2 atom stereocenters. The van der Waals surface area contributed by atoms with Crippen LogP contribution in [0.15, 0.2) is 24.3 Å². The molecular formula is C17H24INO5. The molecule has 6 nitrogen and oxygen atoms in total. The molecule has 0 saturated heterocycles. The van der Waals surface area contributed by atoms with Crippen molar-refractivity contribution in [3.05, 3.63) is 29.8 Å². The average molecular weight is 449 g/mol. The number of ether oxygens (including phenoxy) is 3. The van der Waals surface area contributed by atoms with Gasteiger partial charge in [-0.3, -0.25) is 0 Å². The van der Waals surface area contributed by atoms with Gasteiger partial charge < -0.3 is 19.5 Å². The van der Waals surface area contributed by atoms with Crippen LogP contribution in [0.4, 0.5) is 4.79 Å². The lowest BCUT2D eigenvalue weighted by Crippen LogP contribution is -2.45. The highest BCUT2D eigenvalue weighted by Gasteiger charge is 2.26. The Kier molecular flexibility index (Phi) is 7.78. The number of benzene rings is 1. The second-order valence-electron chi connectivity index (χ2n) is 6.23. The van der Waals surface area contributed by atoms with Crippen LogP contribution in [0.5, 0.6) is 5.75 Å². The lowest BCUT2D eigenvalue weighted by atomic mass is 10.1. The first-order chi connectivity index (χ1) is 11.1. The fourth-order valence-electron chi connectivity index (χ4n) is 1.88. The van der Waals surface area contributed by atoms with Crippen molar-refractivity contribution in [2.24, 2.45) is 0 Å². The van der Waals surface area contributed by atoms with Gasteiger partial charge >= 0.3 is 12.1 Å². The Morgan fingerprint density at radius 1 is 1.21 bits per heavy atom. The number of carbonyl (C=O) groups excluding carboxylic acids is 2. The number of halogens is 1. The van der Waals surface area contributed by atoms with Crippen LogP contribution in [0, 0.1) is 0 Å². The van der Waals surface area contributed by atoms with E-state index in [4.69, 9.17) is 14.2 Å². The monoisotopic (exact) mass is 449 g/mol. The Morgan fingerprint density at radius 3 is 2.25 bits per heavy atom. The number of nitrogens with one attached hydrogen (secondary N) is 1. The highest BCUT2D eigenvalue weighted by molar-refractivity contribution is 14.1. The summed E-state index contributed by atoms with van der Waals surface area (Å²) in [5.41, 5.74) is 0.227. The third-order valence-corrected chi connectivity index (χ3v) is 3.11. The van der Waals surface area contributed by atoms with E-state index in [0.717, 1.165) is 11.3 Å². The number of amides is 1.